The molecule has 2 unspecified atom stereocenters. The summed E-state index contributed by atoms with van der Waals surface area (Å²) in [6.45, 7) is 0. The average molecular weight is 268 g/mol. The van der Waals surface area contributed by atoms with Gasteiger partial charge in [0.2, 0.25) is 0 Å². The molecule has 1 aliphatic carbocycles. The van der Waals surface area contributed by atoms with Crippen LogP contribution in [0.1, 0.15) is 12.8 Å². The molecule has 0 aromatic heterocycles. The van der Waals surface area contributed by atoms with E-state index in [-0.39, 0.29) is 102 Å². The Labute approximate surface area is 164 Å². The molecular weight excluding hydrogens is 261 g/mol. The molecule has 0 spiro atoms. The molecule has 0 radical (unpaired) electrons. The molecule has 1 rings (SSSR count). The van der Waals surface area contributed by atoms with Gasteiger partial charge in [-0.15, -0.1) is 0 Å². The molecule has 0 aromatic carbocycles. The monoisotopic (exact) mass is 268 g/mol. The number of carboxylic acids is 3. The maximum absolute atomic E-state index is 10.5. The molecule has 0 heterocycles. The first-order chi connectivity index (χ1) is 6.45. The van der Waals surface area contributed by atoms with E-state index in [0.717, 1.165) is 0 Å². The number of carbonyl (C=O) groups is 3. The van der Waals surface area contributed by atoms with Gasteiger partial charge in [-0.1, -0.05) is 0 Å². The Kier molecular flexibility index (Phi) is 14.1. The zero-order valence-electron chi connectivity index (χ0n) is 10.1. The summed E-state index contributed by atoms with van der Waals surface area (Å²) in [5, 5.41) is 31.5. The number of rotatable bonds is 3. The van der Waals surface area contributed by atoms with Crippen LogP contribution in [-0.2, 0) is 14.4 Å². The predicted octanol–water partition coefficient (Wildman–Crippen LogP) is -13.1. The molecule has 0 saturated heterocycles. The van der Waals surface area contributed by atoms with Crippen molar-refractivity contribution < 1.29 is 118 Å². The van der Waals surface area contributed by atoms with Crippen LogP contribution >= 0.6 is 0 Å². The van der Waals surface area contributed by atoms with Gasteiger partial charge in [-0.25, -0.2) is 0 Å². The van der Waals surface area contributed by atoms with Crippen molar-refractivity contribution in [2.75, 3.05) is 0 Å². The average Bonchev–Trinajstić information content (AvgIpc) is 2.46. The third-order valence-electron chi connectivity index (χ3n) is 2.53. The first-order valence-corrected chi connectivity index (χ1v) is 4.07. The SMILES string of the molecule is O=C([O-])C1CCC(C(=O)[O-])C1C(=O)[O-].[Na+].[Na+].[Na+]. The van der Waals surface area contributed by atoms with Gasteiger partial charge >= 0.3 is 88.7 Å². The van der Waals surface area contributed by atoms with E-state index >= 15 is 0 Å². The number of hydrogen-bond donors (Lipinski definition) is 0. The van der Waals surface area contributed by atoms with Crippen molar-refractivity contribution in [3.8, 4) is 0 Å². The van der Waals surface area contributed by atoms with E-state index in [4.69, 9.17) is 0 Å². The Bertz CT molecular complexity index is 273. The van der Waals surface area contributed by atoms with Gasteiger partial charge in [0, 0.05) is 35.7 Å². The smallest absolute Gasteiger partial charge is 0.550 e. The molecule has 0 aromatic rings. The fraction of sp³-hybridized carbons (Fsp3) is 0.625. The van der Waals surface area contributed by atoms with E-state index in [9.17, 15) is 29.7 Å². The molecule has 9 heteroatoms. The van der Waals surface area contributed by atoms with Crippen LogP contribution in [0.15, 0.2) is 0 Å². The normalized spacial score (nSPS) is 25.8. The molecule has 0 N–H and O–H groups in total. The van der Waals surface area contributed by atoms with E-state index < -0.39 is 35.7 Å². The van der Waals surface area contributed by atoms with E-state index in [1.54, 1.807) is 0 Å². The zero-order chi connectivity index (χ0) is 10.9. The Morgan fingerprint density at radius 3 is 1.18 bits per heavy atom. The van der Waals surface area contributed by atoms with Crippen LogP contribution in [0.4, 0.5) is 0 Å². The maximum Gasteiger partial charge on any atom is 1.00 e. The van der Waals surface area contributed by atoms with Crippen LogP contribution in [0, 0.1) is 17.8 Å². The first-order valence-electron chi connectivity index (χ1n) is 4.07. The minimum absolute atomic E-state index is 0. The van der Waals surface area contributed by atoms with Gasteiger partial charge in [-0.05, 0) is 12.8 Å². The minimum Gasteiger partial charge on any atom is -0.550 e. The van der Waals surface area contributed by atoms with E-state index in [0.29, 0.717) is 0 Å². The summed E-state index contributed by atoms with van der Waals surface area (Å²) in [6, 6.07) is 0. The zero-order valence-corrected chi connectivity index (χ0v) is 16.1. The van der Waals surface area contributed by atoms with Gasteiger partial charge < -0.3 is 29.7 Å². The largest absolute Gasteiger partial charge is 1.00 e. The molecule has 1 fully saturated rings. The summed E-state index contributed by atoms with van der Waals surface area (Å²) in [5.41, 5.74) is 0. The third kappa shape index (κ3) is 5.93. The van der Waals surface area contributed by atoms with E-state index in [2.05, 4.69) is 0 Å². The van der Waals surface area contributed by atoms with Crippen molar-refractivity contribution in [1.29, 1.82) is 0 Å². The molecule has 6 nitrogen and oxygen atoms in total. The van der Waals surface area contributed by atoms with Gasteiger partial charge in [0.15, 0.2) is 0 Å². The van der Waals surface area contributed by atoms with Crippen molar-refractivity contribution in [1.82, 2.24) is 0 Å². The molecule has 0 bridgehead atoms. The van der Waals surface area contributed by atoms with Gasteiger partial charge in [0.25, 0.3) is 0 Å². The standard InChI is InChI=1S/C8H10O6.3Na/c9-6(10)3-1-2-4(7(11)12)5(3)8(13)14;;;/h3-5H,1-2H2,(H,9,10)(H,11,12)(H,13,14);;;/q;3*+1/p-3. The van der Waals surface area contributed by atoms with E-state index in [1.807, 2.05) is 0 Å². The fourth-order valence-electron chi connectivity index (χ4n) is 1.86. The van der Waals surface area contributed by atoms with Crippen molar-refractivity contribution in [2.45, 2.75) is 12.8 Å². The Morgan fingerprint density at radius 2 is 1.00 bits per heavy atom. The topological polar surface area (TPSA) is 120 Å². The molecule has 1 saturated carbocycles. The van der Waals surface area contributed by atoms with Crippen molar-refractivity contribution >= 4 is 17.9 Å². The molecule has 78 valence electrons. The van der Waals surface area contributed by atoms with Gasteiger partial charge in [0.05, 0.1) is 0 Å². The van der Waals surface area contributed by atoms with Crippen LogP contribution in [0.3, 0.4) is 0 Å². The fourth-order valence-corrected chi connectivity index (χ4v) is 1.86. The Hall–Kier alpha value is 1.41. The number of hydrogen-bond acceptors (Lipinski definition) is 6. The number of aliphatic carboxylic acids is 3. The van der Waals surface area contributed by atoms with Crippen LogP contribution in [0.25, 0.3) is 0 Å². The third-order valence-corrected chi connectivity index (χ3v) is 2.53. The summed E-state index contributed by atoms with van der Waals surface area (Å²) in [6.07, 6.45) is -0.0563. The van der Waals surface area contributed by atoms with Crippen molar-refractivity contribution in [3.63, 3.8) is 0 Å². The first kappa shape index (κ1) is 23.5. The second-order valence-corrected chi connectivity index (χ2v) is 3.27. The van der Waals surface area contributed by atoms with Gasteiger partial charge in [-0.3, -0.25) is 0 Å². The van der Waals surface area contributed by atoms with Gasteiger partial charge in [-0.2, -0.15) is 0 Å². The molecule has 1 aliphatic rings. The molecule has 2 atom stereocenters. The van der Waals surface area contributed by atoms with Crippen LogP contribution < -0.4 is 104 Å². The van der Waals surface area contributed by atoms with Gasteiger partial charge in [0.1, 0.15) is 0 Å². The predicted molar refractivity (Wildman–Crippen MR) is 34.7 cm³/mol. The summed E-state index contributed by atoms with van der Waals surface area (Å²) < 4.78 is 0. The molecular formula is C8H7Na3O6. The molecule has 17 heavy (non-hydrogen) atoms. The number of carbonyl (C=O) groups excluding carboxylic acids is 3. The maximum atomic E-state index is 10.5. The summed E-state index contributed by atoms with van der Waals surface area (Å²) in [7, 11) is 0. The Morgan fingerprint density at radius 1 is 0.706 bits per heavy atom. The number of carboxylic acid groups (broad SMARTS) is 3. The quantitative estimate of drug-likeness (QED) is 0.468. The molecule has 0 amide bonds. The Balaban J connectivity index is -0.000000653. The summed E-state index contributed by atoms with van der Waals surface area (Å²) >= 11 is 0. The van der Waals surface area contributed by atoms with Crippen LogP contribution in [0.5, 0.6) is 0 Å². The second kappa shape index (κ2) is 10.2. The van der Waals surface area contributed by atoms with Crippen LogP contribution in [-0.4, -0.2) is 17.9 Å². The minimum atomic E-state index is -1.68. The van der Waals surface area contributed by atoms with Crippen molar-refractivity contribution in [3.05, 3.63) is 0 Å². The summed E-state index contributed by atoms with van der Waals surface area (Å²) in [5.74, 6) is -8.90. The van der Waals surface area contributed by atoms with Crippen molar-refractivity contribution in [2.24, 2.45) is 17.8 Å². The summed E-state index contributed by atoms with van der Waals surface area (Å²) in [4.78, 5) is 31.5. The second-order valence-electron chi connectivity index (χ2n) is 3.27. The van der Waals surface area contributed by atoms with Crippen LogP contribution in [0.2, 0.25) is 0 Å². The molecule has 0 aliphatic heterocycles. The van der Waals surface area contributed by atoms with E-state index in [1.165, 1.54) is 0 Å².